The van der Waals surface area contributed by atoms with Crippen LogP contribution < -0.4 is 0 Å². The summed E-state index contributed by atoms with van der Waals surface area (Å²) in [5, 5.41) is 4.45. The van der Waals surface area contributed by atoms with Crippen LogP contribution in [0.3, 0.4) is 0 Å². The highest BCUT2D eigenvalue weighted by molar-refractivity contribution is 9.10. The van der Waals surface area contributed by atoms with Gasteiger partial charge in [-0.05, 0) is 47.5 Å². The largest absolute Gasteiger partial charge is 0.465 e. The second-order valence-corrected chi connectivity index (χ2v) is 5.13. The van der Waals surface area contributed by atoms with Crippen molar-refractivity contribution in [1.29, 1.82) is 0 Å². The summed E-state index contributed by atoms with van der Waals surface area (Å²) in [4.78, 5) is 11.5. The molecule has 2 aromatic rings. The summed E-state index contributed by atoms with van der Waals surface area (Å²) < 4.78 is 7.66. The third kappa shape index (κ3) is 2.87. The Bertz CT molecular complexity index is 620. The highest BCUT2D eigenvalue weighted by Crippen LogP contribution is 2.20. The number of hydrogen-bond donors (Lipinski definition) is 0. The molecule has 0 unspecified atom stereocenters. The van der Waals surface area contributed by atoms with E-state index in [-0.39, 0.29) is 5.97 Å². The number of aromatic nitrogens is 2. The molecule has 19 heavy (non-hydrogen) atoms. The van der Waals surface area contributed by atoms with Gasteiger partial charge < -0.3 is 4.74 Å². The first-order valence-electron chi connectivity index (χ1n) is 5.89. The number of hydrogen-bond acceptors (Lipinski definition) is 3. The predicted octanol–water partition coefficient (Wildman–Crippen LogP) is 3.10. The van der Waals surface area contributed by atoms with E-state index in [1.807, 2.05) is 36.7 Å². The minimum atomic E-state index is -0.323. The maximum absolute atomic E-state index is 11.5. The van der Waals surface area contributed by atoms with E-state index in [1.54, 1.807) is 6.07 Å². The van der Waals surface area contributed by atoms with Gasteiger partial charge in [0.2, 0.25) is 0 Å². The normalized spacial score (nSPS) is 10.5. The highest BCUT2D eigenvalue weighted by atomic mass is 79.9. The predicted molar refractivity (Wildman–Crippen MR) is 76.3 cm³/mol. The first kappa shape index (κ1) is 13.8. The fourth-order valence-electron chi connectivity index (χ4n) is 1.92. The Kier molecular flexibility index (Phi) is 4.04. The fourth-order valence-corrected chi connectivity index (χ4v) is 2.20. The number of carbonyl (C=O) groups is 1. The summed E-state index contributed by atoms with van der Waals surface area (Å²) in [6.07, 6.45) is 0. The van der Waals surface area contributed by atoms with E-state index in [0.717, 1.165) is 21.4 Å². The Labute approximate surface area is 120 Å². The molecule has 0 N–H and O–H groups in total. The molecule has 5 heteroatoms. The summed E-state index contributed by atoms with van der Waals surface area (Å²) in [5.74, 6) is -0.323. The molecule has 0 aliphatic rings. The van der Waals surface area contributed by atoms with Crippen molar-refractivity contribution in [1.82, 2.24) is 9.78 Å². The van der Waals surface area contributed by atoms with E-state index in [1.165, 1.54) is 7.11 Å². The molecule has 1 aromatic heterocycles. The van der Waals surface area contributed by atoms with Crippen LogP contribution >= 0.6 is 15.9 Å². The maximum Gasteiger partial charge on any atom is 0.337 e. The zero-order chi connectivity index (χ0) is 14.0. The van der Waals surface area contributed by atoms with E-state index in [2.05, 4.69) is 21.0 Å². The van der Waals surface area contributed by atoms with Gasteiger partial charge in [-0.2, -0.15) is 5.10 Å². The fraction of sp³-hybridized carbons (Fsp3) is 0.286. The van der Waals surface area contributed by atoms with Gasteiger partial charge in [-0.3, -0.25) is 4.68 Å². The smallest absolute Gasteiger partial charge is 0.337 e. The van der Waals surface area contributed by atoms with Gasteiger partial charge in [-0.1, -0.05) is 12.1 Å². The minimum absolute atomic E-state index is 0.323. The van der Waals surface area contributed by atoms with Gasteiger partial charge in [-0.25, -0.2) is 4.79 Å². The average molecular weight is 323 g/mol. The van der Waals surface area contributed by atoms with Crippen molar-refractivity contribution in [3.05, 3.63) is 51.3 Å². The first-order chi connectivity index (χ1) is 9.02. The number of esters is 1. The number of ether oxygens (including phenoxy) is 1. The summed E-state index contributed by atoms with van der Waals surface area (Å²) in [6.45, 7) is 4.59. The maximum atomic E-state index is 11.5. The Hall–Kier alpha value is -1.62. The molecule has 0 fully saturated rings. The first-order valence-corrected chi connectivity index (χ1v) is 6.69. The van der Waals surface area contributed by atoms with Crippen molar-refractivity contribution in [2.24, 2.45) is 0 Å². The van der Waals surface area contributed by atoms with Gasteiger partial charge in [0.05, 0.1) is 35.1 Å². The SMILES string of the molecule is COC(=O)c1cccc(Cn2nc(C)c(Br)c2C)c1. The molecule has 0 spiro atoms. The van der Waals surface area contributed by atoms with Crippen molar-refractivity contribution in [2.45, 2.75) is 20.4 Å². The van der Waals surface area contributed by atoms with Crippen molar-refractivity contribution in [2.75, 3.05) is 7.11 Å². The van der Waals surface area contributed by atoms with Crippen LogP contribution in [0.25, 0.3) is 0 Å². The van der Waals surface area contributed by atoms with Gasteiger partial charge in [0.25, 0.3) is 0 Å². The summed E-state index contributed by atoms with van der Waals surface area (Å²) in [7, 11) is 1.38. The molecule has 0 atom stereocenters. The van der Waals surface area contributed by atoms with Crippen LogP contribution in [-0.2, 0) is 11.3 Å². The number of benzene rings is 1. The summed E-state index contributed by atoms with van der Waals surface area (Å²) in [6, 6.07) is 7.39. The van der Waals surface area contributed by atoms with Gasteiger partial charge >= 0.3 is 5.97 Å². The van der Waals surface area contributed by atoms with Crippen LogP contribution in [0.15, 0.2) is 28.7 Å². The van der Waals surface area contributed by atoms with Crippen molar-refractivity contribution >= 4 is 21.9 Å². The topological polar surface area (TPSA) is 44.1 Å². The Morgan fingerprint density at radius 1 is 1.42 bits per heavy atom. The van der Waals surface area contributed by atoms with E-state index in [0.29, 0.717) is 12.1 Å². The molecule has 0 amide bonds. The van der Waals surface area contributed by atoms with Crippen LogP contribution in [0.4, 0.5) is 0 Å². The Balaban J connectivity index is 2.28. The monoisotopic (exact) mass is 322 g/mol. The molecule has 0 radical (unpaired) electrons. The van der Waals surface area contributed by atoms with Crippen molar-refractivity contribution in [3.63, 3.8) is 0 Å². The second-order valence-electron chi connectivity index (χ2n) is 4.33. The number of nitrogens with zero attached hydrogens (tertiary/aromatic N) is 2. The van der Waals surface area contributed by atoms with Gasteiger partial charge in [0.15, 0.2) is 0 Å². The van der Waals surface area contributed by atoms with Gasteiger partial charge in [0, 0.05) is 0 Å². The van der Waals surface area contributed by atoms with Crippen LogP contribution in [0.1, 0.15) is 27.3 Å². The van der Waals surface area contributed by atoms with E-state index < -0.39 is 0 Å². The van der Waals surface area contributed by atoms with Crippen LogP contribution in [0.5, 0.6) is 0 Å². The quantitative estimate of drug-likeness (QED) is 0.815. The van der Waals surface area contributed by atoms with Crippen LogP contribution in [0.2, 0.25) is 0 Å². The van der Waals surface area contributed by atoms with E-state index in [9.17, 15) is 4.79 Å². The zero-order valence-corrected chi connectivity index (χ0v) is 12.7. The molecule has 2 rings (SSSR count). The lowest BCUT2D eigenvalue weighted by molar-refractivity contribution is 0.0600. The lowest BCUT2D eigenvalue weighted by Crippen LogP contribution is -2.06. The van der Waals surface area contributed by atoms with Crippen LogP contribution in [0, 0.1) is 13.8 Å². The van der Waals surface area contributed by atoms with Crippen molar-refractivity contribution in [3.8, 4) is 0 Å². The molecular weight excluding hydrogens is 308 g/mol. The zero-order valence-electron chi connectivity index (χ0n) is 11.1. The molecule has 0 saturated carbocycles. The lowest BCUT2D eigenvalue weighted by atomic mass is 10.1. The molecule has 100 valence electrons. The number of aryl methyl sites for hydroxylation is 1. The molecule has 0 bridgehead atoms. The van der Waals surface area contributed by atoms with E-state index >= 15 is 0 Å². The molecular formula is C14H15BrN2O2. The molecule has 0 saturated heterocycles. The van der Waals surface area contributed by atoms with Gasteiger partial charge in [-0.15, -0.1) is 0 Å². The van der Waals surface area contributed by atoms with Crippen molar-refractivity contribution < 1.29 is 9.53 Å². The summed E-state index contributed by atoms with van der Waals surface area (Å²) in [5.41, 5.74) is 3.60. The highest BCUT2D eigenvalue weighted by Gasteiger charge is 2.10. The molecule has 1 aromatic carbocycles. The second kappa shape index (κ2) is 5.57. The minimum Gasteiger partial charge on any atom is -0.465 e. The van der Waals surface area contributed by atoms with E-state index in [4.69, 9.17) is 4.74 Å². The standard InChI is InChI=1S/C14H15BrN2O2/c1-9-13(15)10(2)17(16-9)8-11-5-4-6-12(7-11)14(18)19-3/h4-7H,8H2,1-3H3. The lowest BCUT2D eigenvalue weighted by Gasteiger charge is -2.06. The van der Waals surface area contributed by atoms with Gasteiger partial charge in [0.1, 0.15) is 0 Å². The molecule has 0 aliphatic heterocycles. The third-order valence-electron chi connectivity index (χ3n) is 2.97. The number of carbonyl (C=O) groups excluding carboxylic acids is 1. The molecule has 0 aliphatic carbocycles. The number of rotatable bonds is 3. The average Bonchev–Trinajstić information content (AvgIpc) is 2.66. The summed E-state index contributed by atoms with van der Waals surface area (Å²) >= 11 is 3.50. The number of halogens is 1. The Morgan fingerprint density at radius 3 is 2.74 bits per heavy atom. The third-order valence-corrected chi connectivity index (χ3v) is 4.12. The van der Waals surface area contributed by atoms with Crippen LogP contribution in [-0.4, -0.2) is 22.9 Å². The Morgan fingerprint density at radius 2 is 2.16 bits per heavy atom. The molecule has 1 heterocycles. The molecule has 4 nitrogen and oxygen atoms in total. The number of methoxy groups -OCH3 is 1.